The van der Waals surface area contributed by atoms with E-state index in [1.165, 1.54) is 6.42 Å². The van der Waals surface area contributed by atoms with Crippen LogP contribution in [0, 0.1) is 6.92 Å². The smallest absolute Gasteiger partial charge is 0.310 e. The van der Waals surface area contributed by atoms with Gasteiger partial charge in [-0.2, -0.15) is 5.10 Å². The summed E-state index contributed by atoms with van der Waals surface area (Å²) in [6, 6.07) is 21.0. The number of esters is 1. The predicted molar refractivity (Wildman–Crippen MR) is 154 cm³/mol. The maximum Gasteiger partial charge on any atom is 0.310 e. The molecule has 0 aliphatic heterocycles. The van der Waals surface area contributed by atoms with Crippen LogP contribution in [-0.4, -0.2) is 27.3 Å². The molecule has 2 aromatic heterocycles. The molecule has 2 heterocycles. The Morgan fingerprint density at radius 2 is 1.92 bits per heavy atom. The number of fused-ring (bicyclic) bond motifs is 2. The summed E-state index contributed by atoms with van der Waals surface area (Å²) in [6.07, 6.45) is 5.42. The molecule has 1 saturated carbocycles. The molecule has 7 heteroatoms. The van der Waals surface area contributed by atoms with Crippen molar-refractivity contribution in [2.45, 2.75) is 52.2 Å². The maximum absolute atomic E-state index is 12.2. The Balaban J connectivity index is 1.39. The largest absolute Gasteiger partial charge is 0.487 e. The highest BCUT2D eigenvalue weighted by Gasteiger charge is 2.24. The van der Waals surface area contributed by atoms with Crippen LogP contribution in [0.5, 0.6) is 5.75 Å². The normalized spacial score (nSPS) is 13.5. The van der Waals surface area contributed by atoms with Crippen LogP contribution in [0.1, 0.15) is 49.0 Å². The number of ether oxygens (including phenoxy) is 2. The number of hydrogen-bond donors (Lipinski definition) is 1. The van der Waals surface area contributed by atoms with Gasteiger partial charge in [0, 0.05) is 22.5 Å². The first-order valence-electron chi connectivity index (χ1n) is 13.5. The van der Waals surface area contributed by atoms with Gasteiger partial charge in [0.1, 0.15) is 23.9 Å². The number of nitrogens with two attached hydrogens (primary N) is 1. The van der Waals surface area contributed by atoms with E-state index in [1.54, 1.807) is 6.20 Å². The fourth-order valence-corrected chi connectivity index (χ4v) is 5.33. The van der Waals surface area contributed by atoms with Gasteiger partial charge in [-0.1, -0.05) is 36.4 Å². The molecule has 0 spiro atoms. The summed E-state index contributed by atoms with van der Waals surface area (Å²) in [6.45, 7) is 4.48. The number of aryl methyl sites for hydroxylation is 1. The standard InChI is InChI=1S/C32H32N4O3/c1-3-38-31(37)18-22-11-10-20(2)16-30(22)39-19-28-27-17-21(12-13-29(27)36(35-28)23-6-4-7-23)24-8-5-9-26-25(24)14-15-34-32(26)33/h5,8-17,23H,3-4,6-7,18-19H2,1-2H3,(H2,33,34). The number of aromatic nitrogens is 3. The quantitative estimate of drug-likeness (QED) is 0.233. The van der Waals surface area contributed by atoms with Gasteiger partial charge in [-0.25, -0.2) is 4.98 Å². The molecule has 7 nitrogen and oxygen atoms in total. The van der Waals surface area contributed by atoms with Crippen molar-refractivity contribution in [3.63, 3.8) is 0 Å². The first-order chi connectivity index (χ1) is 19.0. The van der Waals surface area contributed by atoms with E-state index in [0.29, 0.717) is 30.8 Å². The molecule has 0 radical (unpaired) electrons. The van der Waals surface area contributed by atoms with E-state index >= 15 is 0 Å². The lowest BCUT2D eigenvalue weighted by Crippen LogP contribution is -2.18. The summed E-state index contributed by atoms with van der Waals surface area (Å²) in [5.74, 6) is 0.947. The van der Waals surface area contributed by atoms with Crippen molar-refractivity contribution in [2.24, 2.45) is 0 Å². The van der Waals surface area contributed by atoms with Crippen molar-refractivity contribution < 1.29 is 14.3 Å². The fourth-order valence-electron chi connectivity index (χ4n) is 5.33. The van der Waals surface area contributed by atoms with Crippen molar-refractivity contribution >= 4 is 33.5 Å². The summed E-state index contributed by atoms with van der Waals surface area (Å²) >= 11 is 0. The molecule has 1 aliphatic rings. The molecule has 0 saturated heterocycles. The van der Waals surface area contributed by atoms with Crippen LogP contribution in [0.4, 0.5) is 5.82 Å². The third kappa shape index (κ3) is 4.80. The molecule has 39 heavy (non-hydrogen) atoms. The van der Waals surface area contributed by atoms with E-state index < -0.39 is 0 Å². The molecule has 5 aromatic rings. The second kappa shape index (κ2) is 10.4. The Hall–Kier alpha value is -4.39. The molecule has 198 valence electrons. The molecule has 2 N–H and O–H groups in total. The SMILES string of the molecule is CCOC(=O)Cc1ccc(C)cc1OCc1nn(C2CCC2)c2ccc(-c3cccc4c(N)nccc34)cc12. The van der Waals surface area contributed by atoms with Gasteiger partial charge in [0.05, 0.1) is 24.6 Å². The Bertz CT molecular complexity index is 1690. The number of benzene rings is 3. The molecular formula is C32H32N4O3. The van der Waals surface area contributed by atoms with Crippen molar-refractivity contribution in [3.8, 4) is 16.9 Å². The first-order valence-corrected chi connectivity index (χ1v) is 13.5. The first kappa shape index (κ1) is 24.9. The summed E-state index contributed by atoms with van der Waals surface area (Å²) in [5.41, 5.74) is 12.2. The number of pyridine rings is 1. The minimum atomic E-state index is -0.263. The highest BCUT2D eigenvalue weighted by Crippen LogP contribution is 2.38. The second-order valence-corrected chi connectivity index (χ2v) is 10.2. The van der Waals surface area contributed by atoms with Crippen LogP contribution in [0.15, 0.2) is 66.9 Å². The molecule has 1 fully saturated rings. The van der Waals surface area contributed by atoms with Crippen LogP contribution in [0.25, 0.3) is 32.8 Å². The van der Waals surface area contributed by atoms with E-state index in [2.05, 4.69) is 33.9 Å². The monoisotopic (exact) mass is 520 g/mol. The minimum Gasteiger partial charge on any atom is -0.487 e. The van der Waals surface area contributed by atoms with Gasteiger partial charge < -0.3 is 15.2 Å². The van der Waals surface area contributed by atoms with Gasteiger partial charge in [-0.15, -0.1) is 0 Å². The average Bonchev–Trinajstić information content (AvgIpc) is 3.25. The number of nitrogen functional groups attached to an aromatic ring is 1. The molecule has 6 rings (SSSR count). The predicted octanol–water partition coefficient (Wildman–Crippen LogP) is 6.55. The van der Waals surface area contributed by atoms with E-state index in [4.69, 9.17) is 20.3 Å². The number of nitrogens with zero attached hydrogens (tertiary/aromatic N) is 3. The molecule has 0 amide bonds. The highest BCUT2D eigenvalue weighted by atomic mass is 16.5. The van der Waals surface area contributed by atoms with Crippen LogP contribution >= 0.6 is 0 Å². The number of anilines is 1. The molecule has 3 aromatic carbocycles. The van der Waals surface area contributed by atoms with E-state index in [0.717, 1.165) is 62.5 Å². The maximum atomic E-state index is 12.2. The third-order valence-corrected chi connectivity index (χ3v) is 7.58. The van der Waals surface area contributed by atoms with E-state index in [9.17, 15) is 4.79 Å². The number of carbonyl (C=O) groups is 1. The Kier molecular flexibility index (Phi) is 6.65. The lowest BCUT2D eigenvalue weighted by molar-refractivity contribution is -0.142. The van der Waals surface area contributed by atoms with E-state index in [-0.39, 0.29) is 12.4 Å². The Morgan fingerprint density at radius 1 is 1.05 bits per heavy atom. The lowest BCUT2D eigenvalue weighted by Gasteiger charge is -2.26. The van der Waals surface area contributed by atoms with Crippen molar-refractivity contribution in [1.82, 2.24) is 14.8 Å². The molecule has 0 bridgehead atoms. The highest BCUT2D eigenvalue weighted by molar-refractivity contribution is 6.02. The van der Waals surface area contributed by atoms with Crippen molar-refractivity contribution in [2.75, 3.05) is 12.3 Å². The molecule has 0 unspecified atom stereocenters. The van der Waals surface area contributed by atoms with Gasteiger partial charge in [0.2, 0.25) is 0 Å². The third-order valence-electron chi connectivity index (χ3n) is 7.58. The summed E-state index contributed by atoms with van der Waals surface area (Å²) in [7, 11) is 0. The van der Waals surface area contributed by atoms with Gasteiger partial charge in [0.25, 0.3) is 0 Å². The van der Waals surface area contributed by atoms with Gasteiger partial charge >= 0.3 is 5.97 Å². The van der Waals surface area contributed by atoms with Crippen LogP contribution in [0.3, 0.4) is 0 Å². The molecular weight excluding hydrogens is 488 g/mol. The Morgan fingerprint density at radius 3 is 2.72 bits per heavy atom. The zero-order valence-corrected chi connectivity index (χ0v) is 22.3. The number of rotatable bonds is 8. The number of hydrogen-bond acceptors (Lipinski definition) is 6. The van der Waals surface area contributed by atoms with Crippen LogP contribution in [-0.2, 0) is 22.6 Å². The van der Waals surface area contributed by atoms with Crippen molar-refractivity contribution in [3.05, 3.63) is 83.7 Å². The summed E-state index contributed by atoms with van der Waals surface area (Å²) < 4.78 is 13.7. The second-order valence-electron chi connectivity index (χ2n) is 10.2. The van der Waals surface area contributed by atoms with Gasteiger partial charge in [0.15, 0.2) is 0 Å². The summed E-state index contributed by atoms with van der Waals surface area (Å²) in [5, 5.41) is 8.13. The minimum absolute atomic E-state index is 0.171. The number of carbonyl (C=O) groups excluding carboxylic acids is 1. The topological polar surface area (TPSA) is 92.3 Å². The molecule has 0 atom stereocenters. The van der Waals surface area contributed by atoms with Crippen molar-refractivity contribution in [1.29, 1.82) is 0 Å². The summed E-state index contributed by atoms with van der Waals surface area (Å²) in [4.78, 5) is 16.5. The zero-order valence-electron chi connectivity index (χ0n) is 22.3. The average molecular weight is 521 g/mol. The zero-order chi connectivity index (χ0) is 26.9. The fraction of sp³-hybridized carbons (Fsp3) is 0.281. The van der Waals surface area contributed by atoms with Gasteiger partial charge in [-0.05, 0) is 79.5 Å². The van der Waals surface area contributed by atoms with Gasteiger partial charge in [-0.3, -0.25) is 9.48 Å². The van der Waals surface area contributed by atoms with Crippen LogP contribution in [0.2, 0.25) is 0 Å². The Labute approximate surface area is 227 Å². The van der Waals surface area contributed by atoms with E-state index in [1.807, 2.05) is 50.2 Å². The lowest BCUT2D eigenvalue weighted by atomic mass is 9.93. The molecule has 1 aliphatic carbocycles. The van der Waals surface area contributed by atoms with Crippen LogP contribution < -0.4 is 10.5 Å².